The first-order valence-corrected chi connectivity index (χ1v) is 11.1. The van der Waals surface area contributed by atoms with Gasteiger partial charge in [-0.25, -0.2) is 0 Å². The molecule has 2 fully saturated rings. The maximum Gasteiger partial charge on any atom is 0.0985 e. The maximum atomic E-state index is 6.34. The fourth-order valence-corrected chi connectivity index (χ4v) is 4.90. The zero-order valence-electron chi connectivity index (χ0n) is 17.0. The van der Waals surface area contributed by atoms with Gasteiger partial charge in [0, 0.05) is 43.4 Å². The summed E-state index contributed by atoms with van der Waals surface area (Å²) in [7, 11) is 0. The van der Waals surface area contributed by atoms with Crippen molar-refractivity contribution < 1.29 is 0 Å². The highest BCUT2D eigenvalue weighted by molar-refractivity contribution is 6.31. The van der Waals surface area contributed by atoms with Crippen LogP contribution in [0.2, 0.25) is 5.02 Å². The zero-order chi connectivity index (χ0) is 19.3. The van der Waals surface area contributed by atoms with E-state index >= 15 is 0 Å². The van der Waals surface area contributed by atoms with E-state index in [1.807, 2.05) is 12.1 Å². The van der Waals surface area contributed by atoms with Crippen molar-refractivity contribution in [3.05, 3.63) is 58.8 Å². The van der Waals surface area contributed by atoms with Gasteiger partial charge >= 0.3 is 0 Å². The number of nitrogens with one attached hydrogen (secondary N) is 1. The molecule has 0 saturated carbocycles. The van der Waals surface area contributed by atoms with E-state index < -0.39 is 0 Å². The number of halogens is 1. The second kappa shape index (κ2) is 9.45. The zero-order valence-corrected chi connectivity index (χ0v) is 17.7. The van der Waals surface area contributed by atoms with Crippen molar-refractivity contribution in [2.45, 2.75) is 44.9 Å². The van der Waals surface area contributed by atoms with Crippen LogP contribution in [0.25, 0.3) is 0 Å². The van der Waals surface area contributed by atoms with Gasteiger partial charge < -0.3 is 5.32 Å². The Morgan fingerprint density at radius 3 is 2.50 bits per heavy atom. The number of hydrogen-bond acceptors (Lipinski definition) is 4. The SMILES string of the molecule is CC1=CNC(N2CCCN(C3CCN(Cc4ccccc4Cl)CC3)CC2)C=C1. The Labute approximate surface area is 174 Å². The van der Waals surface area contributed by atoms with E-state index in [1.54, 1.807) is 0 Å². The summed E-state index contributed by atoms with van der Waals surface area (Å²) < 4.78 is 0. The highest BCUT2D eigenvalue weighted by Crippen LogP contribution is 2.23. The molecule has 1 aromatic rings. The summed E-state index contributed by atoms with van der Waals surface area (Å²) in [6.07, 6.45) is 10.8. The van der Waals surface area contributed by atoms with Crippen molar-refractivity contribution in [1.82, 2.24) is 20.0 Å². The monoisotopic (exact) mass is 400 g/mol. The molecule has 5 heteroatoms. The highest BCUT2D eigenvalue weighted by Gasteiger charge is 2.28. The van der Waals surface area contributed by atoms with Crippen molar-refractivity contribution in [2.75, 3.05) is 39.3 Å². The molecule has 3 aliphatic heterocycles. The van der Waals surface area contributed by atoms with Gasteiger partial charge in [0.25, 0.3) is 0 Å². The minimum atomic E-state index is 0.362. The number of allylic oxidation sites excluding steroid dienone is 2. The van der Waals surface area contributed by atoms with Crippen molar-refractivity contribution in [1.29, 1.82) is 0 Å². The number of benzene rings is 1. The second-order valence-corrected chi connectivity index (χ2v) is 8.79. The van der Waals surface area contributed by atoms with Crippen molar-refractivity contribution in [2.24, 2.45) is 0 Å². The molecule has 1 aromatic carbocycles. The molecule has 4 rings (SSSR count). The molecule has 4 nitrogen and oxygen atoms in total. The normalized spacial score (nSPS) is 25.9. The number of nitrogens with zero attached hydrogens (tertiary/aromatic N) is 3. The van der Waals surface area contributed by atoms with E-state index in [0.717, 1.165) is 24.2 Å². The average molecular weight is 401 g/mol. The first-order chi connectivity index (χ1) is 13.7. The Hall–Kier alpha value is -1.33. The van der Waals surface area contributed by atoms with Gasteiger partial charge in [0.05, 0.1) is 6.17 Å². The molecule has 2 saturated heterocycles. The van der Waals surface area contributed by atoms with E-state index in [-0.39, 0.29) is 0 Å². The largest absolute Gasteiger partial charge is 0.372 e. The Kier molecular flexibility index (Phi) is 6.73. The minimum Gasteiger partial charge on any atom is -0.372 e. The Balaban J connectivity index is 1.25. The van der Waals surface area contributed by atoms with Crippen LogP contribution in [0.3, 0.4) is 0 Å². The summed E-state index contributed by atoms with van der Waals surface area (Å²) in [6.45, 7) is 10.2. The Bertz CT molecular complexity index is 708. The van der Waals surface area contributed by atoms with Crippen LogP contribution >= 0.6 is 11.6 Å². The Morgan fingerprint density at radius 2 is 1.75 bits per heavy atom. The van der Waals surface area contributed by atoms with Crippen molar-refractivity contribution >= 4 is 11.6 Å². The molecule has 0 aromatic heterocycles. The summed E-state index contributed by atoms with van der Waals surface area (Å²) in [5, 5.41) is 4.43. The summed E-state index contributed by atoms with van der Waals surface area (Å²) in [5.41, 5.74) is 2.56. The van der Waals surface area contributed by atoms with Crippen molar-refractivity contribution in [3.8, 4) is 0 Å². The van der Waals surface area contributed by atoms with Crippen LogP contribution in [0.1, 0.15) is 31.7 Å². The predicted molar refractivity (Wildman–Crippen MR) is 117 cm³/mol. The summed E-state index contributed by atoms with van der Waals surface area (Å²) in [4.78, 5) is 7.90. The molecule has 1 N–H and O–H groups in total. The number of rotatable bonds is 4. The molecular formula is C23H33ClN4. The maximum absolute atomic E-state index is 6.34. The van der Waals surface area contributed by atoms with Gasteiger partial charge in [0.2, 0.25) is 0 Å². The first-order valence-electron chi connectivity index (χ1n) is 10.7. The molecule has 0 spiro atoms. The number of dihydropyridines is 1. The molecule has 3 aliphatic rings. The number of piperidine rings is 1. The van der Waals surface area contributed by atoms with Gasteiger partial charge in [-0.3, -0.25) is 14.7 Å². The van der Waals surface area contributed by atoms with E-state index in [4.69, 9.17) is 11.6 Å². The van der Waals surface area contributed by atoms with Gasteiger partial charge in [0.15, 0.2) is 0 Å². The van der Waals surface area contributed by atoms with Gasteiger partial charge in [-0.1, -0.05) is 35.9 Å². The van der Waals surface area contributed by atoms with Crippen LogP contribution in [0.5, 0.6) is 0 Å². The molecule has 152 valence electrons. The quantitative estimate of drug-likeness (QED) is 0.831. The molecule has 3 heterocycles. The van der Waals surface area contributed by atoms with Gasteiger partial charge in [-0.15, -0.1) is 0 Å². The standard InChI is InChI=1S/C23H33ClN4/c1-19-7-8-23(25-17-19)28-12-4-11-27(15-16-28)21-9-13-26(14-10-21)18-20-5-2-3-6-22(20)24/h2-3,5-8,17,21,23,25H,4,9-16,18H2,1H3. The van der Waals surface area contributed by atoms with E-state index in [0.29, 0.717) is 6.17 Å². The predicted octanol–water partition coefficient (Wildman–Crippen LogP) is 3.70. The third-order valence-electron chi connectivity index (χ3n) is 6.41. The average Bonchev–Trinajstić information content (AvgIpc) is 2.97. The van der Waals surface area contributed by atoms with Crippen LogP contribution in [-0.4, -0.2) is 66.2 Å². The van der Waals surface area contributed by atoms with Crippen LogP contribution < -0.4 is 5.32 Å². The fourth-order valence-electron chi connectivity index (χ4n) is 4.70. The highest BCUT2D eigenvalue weighted by atomic mass is 35.5. The van der Waals surface area contributed by atoms with Crippen molar-refractivity contribution in [3.63, 3.8) is 0 Å². The van der Waals surface area contributed by atoms with Gasteiger partial charge in [-0.2, -0.15) is 0 Å². The first kappa shape index (κ1) is 20.0. The number of likely N-dealkylation sites (tertiary alicyclic amines) is 1. The smallest absolute Gasteiger partial charge is 0.0985 e. The lowest BCUT2D eigenvalue weighted by molar-refractivity contribution is 0.105. The lowest BCUT2D eigenvalue weighted by atomic mass is 10.0. The fraction of sp³-hybridized carbons (Fsp3) is 0.565. The molecule has 1 unspecified atom stereocenters. The third kappa shape index (κ3) is 4.98. The van der Waals surface area contributed by atoms with Crippen LogP contribution in [-0.2, 0) is 6.54 Å². The summed E-state index contributed by atoms with van der Waals surface area (Å²) in [6, 6.07) is 8.99. The summed E-state index contributed by atoms with van der Waals surface area (Å²) in [5.74, 6) is 0. The molecule has 1 atom stereocenters. The molecular weight excluding hydrogens is 368 g/mol. The van der Waals surface area contributed by atoms with Crippen LogP contribution in [0, 0.1) is 0 Å². The van der Waals surface area contributed by atoms with Gasteiger partial charge in [-0.05, 0) is 69.1 Å². The molecule has 28 heavy (non-hydrogen) atoms. The summed E-state index contributed by atoms with van der Waals surface area (Å²) >= 11 is 6.34. The lowest BCUT2D eigenvalue weighted by Crippen LogP contribution is -2.47. The minimum absolute atomic E-state index is 0.362. The molecule has 0 amide bonds. The second-order valence-electron chi connectivity index (χ2n) is 8.38. The van der Waals surface area contributed by atoms with Gasteiger partial charge in [0.1, 0.15) is 0 Å². The van der Waals surface area contributed by atoms with E-state index in [1.165, 1.54) is 63.1 Å². The molecule has 0 bridgehead atoms. The molecule has 0 radical (unpaired) electrons. The topological polar surface area (TPSA) is 21.8 Å². The van der Waals surface area contributed by atoms with Crippen LogP contribution in [0.15, 0.2) is 48.2 Å². The third-order valence-corrected chi connectivity index (χ3v) is 6.78. The molecule has 0 aliphatic carbocycles. The Morgan fingerprint density at radius 1 is 1.00 bits per heavy atom. The lowest BCUT2D eigenvalue weighted by Gasteiger charge is -2.38. The van der Waals surface area contributed by atoms with E-state index in [2.05, 4.69) is 57.4 Å². The van der Waals surface area contributed by atoms with Crippen LogP contribution in [0.4, 0.5) is 0 Å². The number of hydrogen-bond donors (Lipinski definition) is 1. The van der Waals surface area contributed by atoms with E-state index in [9.17, 15) is 0 Å².